The van der Waals surface area contributed by atoms with Gasteiger partial charge in [-0.05, 0) is 45.4 Å². The van der Waals surface area contributed by atoms with Crippen LogP contribution in [0, 0.1) is 12.8 Å². The highest BCUT2D eigenvalue weighted by molar-refractivity contribution is 5.95. The van der Waals surface area contributed by atoms with Crippen LogP contribution < -0.4 is 5.32 Å². The van der Waals surface area contributed by atoms with Crippen molar-refractivity contribution in [1.82, 2.24) is 9.80 Å². The first-order valence-corrected chi connectivity index (χ1v) is 9.00. The topological polar surface area (TPSA) is 52.7 Å². The minimum Gasteiger partial charge on any atom is -0.335 e. The summed E-state index contributed by atoms with van der Waals surface area (Å²) in [5.74, 6) is -2.12. The van der Waals surface area contributed by atoms with E-state index in [9.17, 15) is 22.8 Å². The van der Waals surface area contributed by atoms with Crippen molar-refractivity contribution in [2.75, 3.05) is 32.0 Å². The number of rotatable bonds is 5. The second-order valence-corrected chi connectivity index (χ2v) is 7.16. The normalized spacial score (nSPS) is 19.4. The Morgan fingerprint density at radius 1 is 1.30 bits per heavy atom. The molecule has 27 heavy (non-hydrogen) atoms. The molecule has 0 aliphatic carbocycles. The van der Waals surface area contributed by atoms with Crippen molar-refractivity contribution < 1.29 is 22.8 Å². The molecule has 1 aliphatic heterocycles. The number of carbonyl (C=O) groups excluding carboxylic acids is 2. The monoisotopic (exact) mass is 385 g/mol. The highest BCUT2D eigenvalue weighted by atomic mass is 19.4. The summed E-state index contributed by atoms with van der Waals surface area (Å²) in [6.07, 6.45) is -3.75. The summed E-state index contributed by atoms with van der Waals surface area (Å²) < 4.78 is 38.9. The molecule has 0 spiro atoms. The number of nitrogens with one attached hydrogen (secondary N) is 1. The zero-order valence-corrected chi connectivity index (χ0v) is 15.8. The van der Waals surface area contributed by atoms with E-state index in [-0.39, 0.29) is 31.3 Å². The van der Waals surface area contributed by atoms with Gasteiger partial charge in [0.1, 0.15) is 0 Å². The molecule has 8 heteroatoms. The molecule has 1 fully saturated rings. The van der Waals surface area contributed by atoms with Gasteiger partial charge in [0.2, 0.25) is 11.8 Å². The van der Waals surface area contributed by atoms with Crippen molar-refractivity contribution in [3.63, 3.8) is 0 Å². The lowest BCUT2D eigenvalue weighted by Crippen LogP contribution is -2.52. The molecule has 0 bridgehead atoms. The number of anilines is 1. The molecule has 0 unspecified atom stereocenters. The minimum absolute atomic E-state index is 0.0930. The summed E-state index contributed by atoms with van der Waals surface area (Å²) in [6.45, 7) is 3.63. The van der Waals surface area contributed by atoms with Crippen LogP contribution in [0.25, 0.3) is 0 Å². The van der Waals surface area contributed by atoms with E-state index in [1.54, 1.807) is 24.0 Å². The van der Waals surface area contributed by atoms with Gasteiger partial charge in [-0.3, -0.25) is 14.5 Å². The Morgan fingerprint density at radius 2 is 1.93 bits per heavy atom. The molecule has 2 amide bonds. The van der Waals surface area contributed by atoms with Crippen LogP contribution in [-0.4, -0.2) is 60.5 Å². The van der Waals surface area contributed by atoms with Gasteiger partial charge in [-0.15, -0.1) is 0 Å². The number of amides is 2. The lowest BCUT2D eigenvalue weighted by molar-refractivity contribution is -0.189. The fraction of sp³-hybridized carbons (Fsp3) is 0.579. The molecule has 1 saturated heterocycles. The van der Waals surface area contributed by atoms with Crippen molar-refractivity contribution in [3.05, 3.63) is 29.8 Å². The third-order valence-electron chi connectivity index (χ3n) is 4.91. The van der Waals surface area contributed by atoms with Crippen LogP contribution in [0.2, 0.25) is 0 Å². The molecule has 150 valence electrons. The number of nitrogens with zero attached hydrogens (tertiary/aromatic N) is 2. The van der Waals surface area contributed by atoms with Gasteiger partial charge in [0.15, 0.2) is 0 Å². The van der Waals surface area contributed by atoms with Crippen LogP contribution in [0.5, 0.6) is 0 Å². The summed E-state index contributed by atoms with van der Waals surface area (Å²) in [4.78, 5) is 27.5. The van der Waals surface area contributed by atoms with Gasteiger partial charge in [-0.1, -0.05) is 17.7 Å². The lowest BCUT2D eigenvalue weighted by atomic mass is 9.96. The van der Waals surface area contributed by atoms with E-state index < -0.39 is 18.1 Å². The standard InChI is InChI=1S/C19H26F3N3O2/c1-13-6-8-16(9-7-13)23-17(26)12-24(3)18(27)14(2)25-10-4-5-15(11-25)19(20,21)22/h6-9,14-15H,4-5,10-12H2,1-3H3,(H,23,26)/t14-,15+/m0/s1. The van der Waals surface area contributed by atoms with Gasteiger partial charge in [-0.25, -0.2) is 0 Å². The number of benzene rings is 1. The lowest BCUT2D eigenvalue weighted by Gasteiger charge is -2.37. The zero-order valence-electron chi connectivity index (χ0n) is 15.8. The van der Waals surface area contributed by atoms with Crippen LogP contribution in [-0.2, 0) is 9.59 Å². The second-order valence-electron chi connectivity index (χ2n) is 7.16. The molecule has 5 nitrogen and oxygen atoms in total. The molecule has 1 aromatic carbocycles. The Balaban J connectivity index is 1.89. The number of hydrogen-bond donors (Lipinski definition) is 1. The Bertz CT molecular complexity index is 661. The largest absolute Gasteiger partial charge is 0.393 e. The van der Waals surface area contributed by atoms with Crippen molar-refractivity contribution >= 4 is 17.5 Å². The minimum atomic E-state index is -4.25. The quantitative estimate of drug-likeness (QED) is 0.848. The number of piperidine rings is 1. The Morgan fingerprint density at radius 3 is 2.52 bits per heavy atom. The number of aryl methyl sites for hydroxylation is 1. The van der Waals surface area contributed by atoms with E-state index in [4.69, 9.17) is 0 Å². The first-order valence-electron chi connectivity index (χ1n) is 9.00. The number of likely N-dealkylation sites (N-methyl/N-ethyl adjacent to an activating group) is 1. The van der Waals surface area contributed by atoms with Gasteiger partial charge < -0.3 is 10.2 Å². The number of halogens is 3. The molecule has 1 N–H and O–H groups in total. The summed E-state index contributed by atoms with van der Waals surface area (Å²) in [6, 6.07) is 6.55. The first-order chi connectivity index (χ1) is 12.6. The van der Waals surface area contributed by atoms with Gasteiger partial charge in [0.05, 0.1) is 18.5 Å². The van der Waals surface area contributed by atoms with Crippen molar-refractivity contribution in [1.29, 1.82) is 0 Å². The maximum atomic E-state index is 13.0. The fourth-order valence-corrected chi connectivity index (χ4v) is 3.23. The molecule has 1 aliphatic rings. The number of alkyl halides is 3. The molecule has 2 atom stereocenters. The maximum Gasteiger partial charge on any atom is 0.393 e. The van der Waals surface area contributed by atoms with E-state index in [0.29, 0.717) is 18.7 Å². The molecule has 0 saturated carbocycles. The van der Waals surface area contributed by atoms with Crippen LogP contribution in [0.4, 0.5) is 18.9 Å². The summed E-state index contributed by atoms with van der Waals surface area (Å²) in [7, 11) is 1.48. The van der Waals surface area contributed by atoms with Crippen LogP contribution in [0.3, 0.4) is 0 Å². The predicted octanol–water partition coefficient (Wildman–Crippen LogP) is 3.05. The number of likely N-dealkylation sites (tertiary alicyclic amines) is 1. The third kappa shape index (κ3) is 5.95. The van der Waals surface area contributed by atoms with Crippen molar-refractivity contribution in [2.24, 2.45) is 5.92 Å². The summed E-state index contributed by atoms with van der Waals surface area (Å²) in [5.41, 5.74) is 1.69. The Labute approximate surface area is 157 Å². The highest BCUT2D eigenvalue weighted by Gasteiger charge is 2.43. The highest BCUT2D eigenvalue weighted by Crippen LogP contribution is 2.33. The smallest absolute Gasteiger partial charge is 0.335 e. The van der Waals surface area contributed by atoms with Crippen molar-refractivity contribution in [2.45, 2.75) is 38.9 Å². The van der Waals surface area contributed by atoms with Gasteiger partial charge in [0.25, 0.3) is 0 Å². The third-order valence-corrected chi connectivity index (χ3v) is 4.91. The zero-order chi connectivity index (χ0) is 20.2. The predicted molar refractivity (Wildman–Crippen MR) is 97.3 cm³/mol. The number of carbonyl (C=O) groups is 2. The SMILES string of the molecule is Cc1ccc(NC(=O)CN(C)C(=O)[C@H](C)N2CCC[C@@H](C(F)(F)F)C2)cc1. The Kier molecular flexibility index (Phi) is 6.86. The van der Waals surface area contributed by atoms with E-state index in [1.165, 1.54) is 11.9 Å². The van der Waals surface area contributed by atoms with Gasteiger partial charge in [-0.2, -0.15) is 13.2 Å². The van der Waals surface area contributed by atoms with Gasteiger partial charge >= 0.3 is 6.18 Å². The molecular weight excluding hydrogens is 359 g/mol. The first kappa shape index (κ1) is 21.2. The molecular formula is C19H26F3N3O2. The van der Waals surface area contributed by atoms with Crippen LogP contribution >= 0.6 is 0 Å². The van der Waals surface area contributed by atoms with Crippen LogP contribution in [0.15, 0.2) is 24.3 Å². The van der Waals surface area contributed by atoms with E-state index in [1.807, 2.05) is 19.1 Å². The van der Waals surface area contributed by atoms with Crippen molar-refractivity contribution in [3.8, 4) is 0 Å². The molecule has 2 rings (SSSR count). The average Bonchev–Trinajstić information content (AvgIpc) is 2.61. The fourth-order valence-electron chi connectivity index (χ4n) is 3.23. The summed E-state index contributed by atoms with van der Waals surface area (Å²) in [5, 5.41) is 2.71. The molecule has 1 heterocycles. The average molecular weight is 385 g/mol. The summed E-state index contributed by atoms with van der Waals surface area (Å²) >= 11 is 0. The van der Waals surface area contributed by atoms with E-state index >= 15 is 0 Å². The Hall–Kier alpha value is -2.09. The van der Waals surface area contributed by atoms with E-state index in [2.05, 4.69) is 5.32 Å². The second kappa shape index (κ2) is 8.73. The molecule has 0 radical (unpaired) electrons. The van der Waals surface area contributed by atoms with E-state index in [0.717, 1.165) is 5.56 Å². The molecule has 0 aromatic heterocycles. The molecule has 1 aromatic rings. The van der Waals surface area contributed by atoms with Crippen LogP contribution in [0.1, 0.15) is 25.3 Å². The maximum absolute atomic E-state index is 13.0. The number of hydrogen-bond acceptors (Lipinski definition) is 3. The van der Waals surface area contributed by atoms with Gasteiger partial charge in [0, 0.05) is 19.3 Å².